The number of carbonyl (C=O) groups is 4. The number of imide groups is 1. The molecule has 46 heavy (non-hydrogen) atoms. The van der Waals surface area contributed by atoms with Crippen molar-refractivity contribution in [3.8, 4) is 0 Å². The van der Waals surface area contributed by atoms with Gasteiger partial charge in [-0.1, -0.05) is 103 Å². The number of carbonyl (C=O) groups excluding carboxylic acids is 3. The molecule has 0 saturated carbocycles. The van der Waals surface area contributed by atoms with Crippen LogP contribution in [-0.2, 0) is 42.6 Å². The average Bonchev–Trinajstić information content (AvgIpc) is 3.67. The first-order valence-electron chi connectivity index (χ1n) is 14.3. The Bertz CT molecular complexity index is 1620. The number of hydrogen-bond donors (Lipinski definition) is 1. The summed E-state index contributed by atoms with van der Waals surface area (Å²) in [7, 11) is 1.35. The summed E-state index contributed by atoms with van der Waals surface area (Å²) in [5, 5.41) is 7.80. The Balaban J connectivity index is 0.000000537. The fourth-order valence-electron chi connectivity index (χ4n) is 6.34. The van der Waals surface area contributed by atoms with Gasteiger partial charge in [-0.3, -0.25) is 19.5 Å². The van der Waals surface area contributed by atoms with Crippen molar-refractivity contribution >= 4 is 40.7 Å². The van der Waals surface area contributed by atoms with Gasteiger partial charge in [0.05, 0.1) is 38.1 Å². The van der Waals surface area contributed by atoms with E-state index < -0.39 is 41.5 Å². The Kier molecular flexibility index (Phi) is 9.52. The van der Waals surface area contributed by atoms with Crippen molar-refractivity contribution in [2.75, 3.05) is 13.7 Å². The number of nitrogens with zero attached hydrogens (tertiary/aromatic N) is 3. The zero-order valence-corrected chi connectivity index (χ0v) is 25.4. The van der Waals surface area contributed by atoms with Gasteiger partial charge in [-0.2, -0.15) is 13.2 Å². The molecule has 0 aromatic heterocycles. The number of halogens is 3. The van der Waals surface area contributed by atoms with Crippen LogP contribution < -0.4 is 0 Å². The number of carboxylic acids is 1. The minimum Gasteiger partial charge on any atom is -0.475 e. The molecule has 13 heteroatoms. The molecule has 1 N–H and O–H groups in total. The van der Waals surface area contributed by atoms with Gasteiger partial charge in [0, 0.05) is 12.2 Å². The zero-order chi connectivity index (χ0) is 33.1. The third-order valence-electron chi connectivity index (χ3n) is 8.24. The van der Waals surface area contributed by atoms with Crippen molar-refractivity contribution in [1.29, 1.82) is 0 Å². The summed E-state index contributed by atoms with van der Waals surface area (Å²) in [5.74, 6) is -4.72. The van der Waals surface area contributed by atoms with E-state index in [0.717, 1.165) is 16.7 Å². The van der Waals surface area contributed by atoms with Crippen LogP contribution in [0.15, 0.2) is 96.0 Å². The quantitative estimate of drug-likeness (QED) is 0.292. The molecule has 2 saturated heterocycles. The largest absolute Gasteiger partial charge is 0.490 e. The number of amides is 2. The summed E-state index contributed by atoms with van der Waals surface area (Å²) in [5.41, 5.74) is 1.50. The van der Waals surface area contributed by atoms with E-state index in [1.807, 2.05) is 95.9 Å². The van der Waals surface area contributed by atoms with Gasteiger partial charge in [0.15, 0.2) is 10.7 Å². The molecule has 2 fully saturated rings. The van der Waals surface area contributed by atoms with Gasteiger partial charge in [-0.15, -0.1) is 0 Å². The number of thioether (sulfide) groups is 1. The number of aliphatic carboxylic acids is 1. The Morgan fingerprint density at radius 1 is 0.913 bits per heavy atom. The molecule has 3 aromatic carbocycles. The zero-order valence-electron chi connectivity index (χ0n) is 24.6. The Morgan fingerprint density at radius 3 is 1.96 bits per heavy atom. The summed E-state index contributed by atoms with van der Waals surface area (Å²) >= 11 is 1.53. The van der Waals surface area contributed by atoms with E-state index in [0.29, 0.717) is 17.5 Å². The van der Waals surface area contributed by atoms with Crippen LogP contribution in [0.1, 0.15) is 16.7 Å². The molecule has 0 unspecified atom stereocenters. The molecule has 240 valence electrons. The van der Waals surface area contributed by atoms with Crippen molar-refractivity contribution in [1.82, 2.24) is 9.80 Å². The molecular formula is C33H30F3N3O6S. The minimum absolute atomic E-state index is 0.178. The number of esters is 1. The lowest BCUT2D eigenvalue weighted by Crippen LogP contribution is -2.61. The van der Waals surface area contributed by atoms with Crippen LogP contribution in [0.4, 0.5) is 13.2 Å². The Labute approximate surface area is 267 Å². The number of carboxylic acid groups (broad SMARTS) is 1. The summed E-state index contributed by atoms with van der Waals surface area (Å²) < 4.78 is 37.2. The molecule has 6 rings (SSSR count). The monoisotopic (exact) mass is 653 g/mol. The van der Waals surface area contributed by atoms with Gasteiger partial charge in [0.25, 0.3) is 0 Å². The van der Waals surface area contributed by atoms with Crippen molar-refractivity contribution in [2.24, 2.45) is 16.8 Å². The maximum absolute atomic E-state index is 14.2. The molecule has 3 aliphatic heterocycles. The molecule has 0 bridgehead atoms. The fourth-order valence-corrected chi connectivity index (χ4v) is 7.43. The van der Waals surface area contributed by atoms with Gasteiger partial charge in [-0.25, -0.2) is 9.59 Å². The predicted molar refractivity (Wildman–Crippen MR) is 163 cm³/mol. The molecule has 0 radical (unpaired) electrons. The first-order chi connectivity index (χ1) is 22.0. The number of fused-ring (bicyclic) bond motifs is 3. The smallest absolute Gasteiger partial charge is 0.475 e. The Hall–Kier alpha value is -4.65. The summed E-state index contributed by atoms with van der Waals surface area (Å²) in [4.78, 5) is 59.1. The fraction of sp³-hybridized carbons (Fsp3) is 0.303. The third-order valence-corrected chi connectivity index (χ3v) is 9.31. The first kappa shape index (κ1) is 32.7. The maximum Gasteiger partial charge on any atom is 0.490 e. The van der Waals surface area contributed by atoms with Crippen molar-refractivity contribution in [2.45, 2.75) is 36.5 Å². The second-order valence-electron chi connectivity index (χ2n) is 11.0. The topological polar surface area (TPSA) is 117 Å². The molecule has 9 nitrogen and oxygen atoms in total. The summed E-state index contributed by atoms with van der Waals surface area (Å²) in [6, 6.07) is 28.7. The molecule has 0 spiro atoms. The third kappa shape index (κ3) is 6.23. The lowest BCUT2D eigenvalue weighted by molar-refractivity contribution is -0.192. The number of aliphatic imine (C=N–C) groups is 1. The van der Waals surface area contributed by atoms with Crippen LogP contribution in [0.3, 0.4) is 0 Å². The van der Waals surface area contributed by atoms with E-state index in [9.17, 15) is 27.6 Å². The molecule has 2 amide bonds. The second-order valence-corrected chi connectivity index (χ2v) is 11.9. The normalized spacial score (nSPS) is 23.3. The lowest BCUT2D eigenvalue weighted by Gasteiger charge is -2.40. The summed E-state index contributed by atoms with van der Waals surface area (Å²) in [6.45, 7) is 0.529. The van der Waals surface area contributed by atoms with Gasteiger partial charge in [-0.05, 0) is 16.7 Å². The maximum atomic E-state index is 14.2. The number of benzene rings is 3. The number of rotatable bonds is 7. The van der Waals surface area contributed by atoms with Crippen LogP contribution in [0, 0.1) is 11.8 Å². The standard InChI is InChI=1S/C31H29N3O4S.C2HF3O2/c1-38-29(37)31(17-21-11-5-2-6-12-21)26-25(27(35)33(28(26)36)19-22-13-7-3-8-14-22)24-18-32-30(34(24)31)39-20-23-15-9-4-10-16-23;3-2(4,5)1(6)7/h2-16,24-26H,17-20H2,1H3;(H,6,7)/t24-,25+,26-,31-;/m1./s1. The van der Waals surface area contributed by atoms with Crippen molar-refractivity contribution < 1.29 is 42.2 Å². The second kappa shape index (κ2) is 13.4. The van der Waals surface area contributed by atoms with Crippen LogP contribution in [0.5, 0.6) is 0 Å². The Morgan fingerprint density at radius 2 is 1.43 bits per heavy atom. The number of ether oxygens (including phenoxy) is 1. The van der Waals surface area contributed by atoms with Gasteiger partial charge >= 0.3 is 18.1 Å². The van der Waals surface area contributed by atoms with Crippen molar-refractivity contribution in [3.63, 3.8) is 0 Å². The van der Waals surface area contributed by atoms with Crippen LogP contribution in [0.25, 0.3) is 0 Å². The van der Waals surface area contributed by atoms with Crippen molar-refractivity contribution in [3.05, 3.63) is 108 Å². The number of likely N-dealkylation sites (tertiary alicyclic amines) is 1. The van der Waals surface area contributed by atoms with E-state index in [2.05, 4.69) is 0 Å². The van der Waals surface area contributed by atoms with E-state index in [-0.39, 0.29) is 24.8 Å². The molecule has 3 aliphatic rings. The van der Waals surface area contributed by atoms with E-state index in [1.165, 1.54) is 23.8 Å². The van der Waals surface area contributed by atoms with Crippen LogP contribution in [-0.4, -0.2) is 75.2 Å². The highest BCUT2D eigenvalue weighted by molar-refractivity contribution is 8.13. The lowest BCUT2D eigenvalue weighted by atomic mass is 9.76. The van der Waals surface area contributed by atoms with Crippen LogP contribution in [0.2, 0.25) is 0 Å². The predicted octanol–water partition coefficient (Wildman–Crippen LogP) is 4.56. The minimum atomic E-state index is -5.08. The molecule has 0 aliphatic carbocycles. The molecule has 3 heterocycles. The highest BCUT2D eigenvalue weighted by Gasteiger charge is 2.73. The number of hydrogen-bond acceptors (Lipinski definition) is 8. The van der Waals surface area contributed by atoms with Gasteiger partial charge in [0.2, 0.25) is 11.8 Å². The average molecular weight is 654 g/mol. The van der Waals surface area contributed by atoms with E-state index in [1.54, 1.807) is 0 Å². The molecule has 4 atom stereocenters. The summed E-state index contributed by atoms with van der Waals surface area (Å²) in [6.07, 6.45) is -4.85. The number of alkyl halides is 3. The number of methoxy groups -OCH3 is 1. The number of amidine groups is 1. The SMILES string of the molecule is COC(=O)[C@@]1(Cc2ccccc2)[C@H]2C(=O)N(Cc3ccccc3)C(=O)[C@H]2[C@H]2CN=C(SCc3ccccc3)N21.O=C(O)C(F)(F)F. The molecule has 3 aromatic rings. The highest BCUT2D eigenvalue weighted by Crippen LogP contribution is 2.54. The van der Waals surface area contributed by atoms with Gasteiger partial charge in [0.1, 0.15) is 0 Å². The van der Waals surface area contributed by atoms with E-state index >= 15 is 0 Å². The van der Waals surface area contributed by atoms with E-state index in [4.69, 9.17) is 19.6 Å². The highest BCUT2D eigenvalue weighted by atomic mass is 32.2. The van der Waals surface area contributed by atoms with Gasteiger partial charge < -0.3 is 14.7 Å². The first-order valence-corrected chi connectivity index (χ1v) is 15.3. The molecular weight excluding hydrogens is 623 g/mol. The van der Waals surface area contributed by atoms with Crippen LogP contribution >= 0.6 is 11.8 Å².